The minimum absolute atomic E-state index is 0.122. The molecule has 7 heteroatoms. The number of carbonyl (C=O) groups is 1. The summed E-state index contributed by atoms with van der Waals surface area (Å²) in [6.07, 6.45) is 3.63. The average Bonchev–Trinajstić information content (AvgIpc) is 3.42. The average molecular weight is 413 g/mol. The van der Waals surface area contributed by atoms with E-state index in [0.717, 1.165) is 64.1 Å². The normalized spacial score (nSPS) is 21.0. The molecule has 2 aromatic rings. The van der Waals surface area contributed by atoms with Gasteiger partial charge in [0.1, 0.15) is 5.82 Å². The number of thiazole rings is 1. The number of anilines is 1. The van der Waals surface area contributed by atoms with Crippen LogP contribution >= 0.6 is 11.3 Å². The molecule has 5 rings (SSSR count). The summed E-state index contributed by atoms with van der Waals surface area (Å²) in [5, 5.41) is 11.0. The number of fused-ring (bicyclic) bond motifs is 1. The molecule has 2 aliphatic heterocycles. The highest BCUT2D eigenvalue weighted by atomic mass is 32.1. The minimum Gasteiger partial charge on any atom is -0.393 e. The maximum atomic E-state index is 13.4. The summed E-state index contributed by atoms with van der Waals surface area (Å²) in [4.78, 5) is 28.3. The van der Waals surface area contributed by atoms with Gasteiger partial charge in [-0.1, -0.05) is 0 Å². The van der Waals surface area contributed by atoms with Crippen LogP contribution in [-0.2, 0) is 6.54 Å². The first-order chi connectivity index (χ1) is 13.9. The van der Waals surface area contributed by atoms with Crippen LogP contribution < -0.4 is 4.90 Å². The zero-order chi connectivity index (χ0) is 20.3. The third kappa shape index (κ3) is 3.34. The molecule has 0 bridgehead atoms. The molecule has 6 nitrogen and oxygen atoms in total. The summed E-state index contributed by atoms with van der Waals surface area (Å²) in [5.41, 5.74) is 3.77. The number of aromatic nitrogens is 2. The van der Waals surface area contributed by atoms with E-state index in [0.29, 0.717) is 12.5 Å². The van der Waals surface area contributed by atoms with Gasteiger partial charge in [0.05, 0.1) is 32.9 Å². The van der Waals surface area contributed by atoms with Crippen molar-refractivity contribution < 1.29 is 9.90 Å². The predicted octanol–water partition coefficient (Wildman–Crippen LogP) is 3.54. The number of piperidine rings is 1. The molecule has 29 heavy (non-hydrogen) atoms. The van der Waals surface area contributed by atoms with Crippen molar-refractivity contribution in [2.75, 3.05) is 18.0 Å². The van der Waals surface area contributed by atoms with Crippen molar-refractivity contribution in [2.45, 2.75) is 65.1 Å². The molecule has 154 valence electrons. The highest BCUT2D eigenvalue weighted by molar-refractivity contribution is 7.15. The second kappa shape index (κ2) is 7.06. The van der Waals surface area contributed by atoms with Crippen LogP contribution in [0.25, 0.3) is 10.6 Å². The van der Waals surface area contributed by atoms with Gasteiger partial charge >= 0.3 is 0 Å². The van der Waals surface area contributed by atoms with E-state index < -0.39 is 0 Å². The monoisotopic (exact) mass is 412 g/mol. The molecule has 3 aliphatic rings. The second-order valence-electron chi connectivity index (χ2n) is 8.74. The van der Waals surface area contributed by atoms with E-state index in [1.54, 1.807) is 11.3 Å². The number of carbonyl (C=O) groups excluding carboxylic acids is 1. The van der Waals surface area contributed by atoms with Gasteiger partial charge in [0.2, 0.25) is 0 Å². The largest absolute Gasteiger partial charge is 0.393 e. The van der Waals surface area contributed by atoms with E-state index in [1.807, 2.05) is 18.7 Å². The number of nitrogens with zero attached hydrogens (tertiary/aromatic N) is 4. The SMILES string of the molecule is Cc1nc(C)c(-c2cc3c(c(N4CCC(O)CC4)n2)C(=O)N([C@@H](C)C2CC2)C3)s1. The molecule has 1 atom stereocenters. The van der Waals surface area contributed by atoms with Crippen LogP contribution in [0.5, 0.6) is 0 Å². The molecular weight excluding hydrogens is 384 g/mol. The smallest absolute Gasteiger partial charge is 0.258 e. The van der Waals surface area contributed by atoms with E-state index in [4.69, 9.17) is 4.98 Å². The number of aryl methyl sites for hydroxylation is 2. The van der Waals surface area contributed by atoms with Gasteiger partial charge in [-0.25, -0.2) is 9.97 Å². The van der Waals surface area contributed by atoms with Crippen molar-refractivity contribution in [3.63, 3.8) is 0 Å². The van der Waals surface area contributed by atoms with Crippen LogP contribution in [0.4, 0.5) is 5.82 Å². The van der Waals surface area contributed by atoms with Crippen LogP contribution in [0, 0.1) is 19.8 Å². The molecule has 1 aliphatic carbocycles. The number of amides is 1. The number of hydrogen-bond acceptors (Lipinski definition) is 6. The molecule has 4 heterocycles. The summed E-state index contributed by atoms with van der Waals surface area (Å²) in [7, 11) is 0. The van der Waals surface area contributed by atoms with Gasteiger partial charge in [-0.05, 0) is 64.0 Å². The van der Waals surface area contributed by atoms with E-state index in [2.05, 4.69) is 22.9 Å². The van der Waals surface area contributed by atoms with Crippen LogP contribution in [0.3, 0.4) is 0 Å². The lowest BCUT2D eigenvalue weighted by atomic mass is 10.0. The highest BCUT2D eigenvalue weighted by Gasteiger charge is 2.41. The van der Waals surface area contributed by atoms with Gasteiger partial charge in [-0.2, -0.15) is 0 Å². The fourth-order valence-corrected chi connectivity index (χ4v) is 5.57. The zero-order valence-corrected chi connectivity index (χ0v) is 18.1. The third-order valence-electron chi connectivity index (χ3n) is 6.59. The van der Waals surface area contributed by atoms with E-state index >= 15 is 0 Å². The van der Waals surface area contributed by atoms with Crippen LogP contribution in [0.2, 0.25) is 0 Å². The van der Waals surface area contributed by atoms with Crippen molar-refractivity contribution in [1.82, 2.24) is 14.9 Å². The van der Waals surface area contributed by atoms with Crippen molar-refractivity contribution >= 4 is 23.1 Å². The molecule has 1 saturated carbocycles. The summed E-state index contributed by atoms with van der Waals surface area (Å²) in [5.74, 6) is 1.56. The van der Waals surface area contributed by atoms with E-state index in [1.165, 1.54) is 12.8 Å². The molecule has 2 fully saturated rings. The Balaban J connectivity index is 1.59. The highest BCUT2D eigenvalue weighted by Crippen LogP contribution is 2.42. The lowest BCUT2D eigenvalue weighted by molar-refractivity contribution is 0.0697. The first-order valence-corrected chi connectivity index (χ1v) is 11.5. The lowest BCUT2D eigenvalue weighted by Gasteiger charge is -2.32. The molecule has 0 unspecified atom stereocenters. The van der Waals surface area contributed by atoms with Gasteiger partial charge in [-0.15, -0.1) is 11.3 Å². The fraction of sp³-hybridized carbons (Fsp3) is 0.591. The van der Waals surface area contributed by atoms with Crippen LogP contribution in [0.15, 0.2) is 6.07 Å². The predicted molar refractivity (Wildman–Crippen MR) is 114 cm³/mol. The summed E-state index contributed by atoms with van der Waals surface area (Å²) >= 11 is 1.66. The maximum Gasteiger partial charge on any atom is 0.258 e. The number of aliphatic hydroxyl groups excluding tert-OH is 1. The molecule has 1 amide bonds. The molecule has 0 spiro atoms. The van der Waals surface area contributed by atoms with E-state index in [9.17, 15) is 9.90 Å². The maximum absolute atomic E-state index is 13.4. The summed E-state index contributed by atoms with van der Waals surface area (Å²) in [6.45, 7) is 8.36. The Hall–Kier alpha value is -1.99. The Kier molecular flexibility index (Phi) is 4.62. The number of hydrogen-bond donors (Lipinski definition) is 1. The number of rotatable bonds is 4. The van der Waals surface area contributed by atoms with Crippen molar-refractivity contribution in [3.8, 4) is 10.6 Å². The number of pyridine rings is 1. The Morgan fingerprint density at radius 1 is 1.17 bits per heavy atom. The minimum atomic E-state index is -0.254. The van der Waals surface area contributed by atoms with Gasteiger partial charge in [0.25, 0.3) is 5.91 Å². The topological polar surface area (TPSA) is 69.6 Å². The Morgan fingerprint density at radius 2 is 1.90 bits per heavy atom. The Labute approximate surface area is 175 Å². The van der Waals surface area contributed by atoms with Crippen molar-refractivity contribution in [1.29, 1.82) is 0 Å². The Morgan fingerprint density at radius 3 is 2.52 bits per heavy atom. The van der Waals surface area contributed by atoms with Gasteiger partial charge < -0.3 is 14.9 Å². The zero-order valence-electron chi connectivity index (χ0n) is 17.3. The number of aliphatic hydroxyl groups is 1. The van der Waals surface area contributed by atoms with Crippen molar-refractivity contribution in [2.24, 2.45) is 5.92 Å². The summed E-state index contributed by atoms with van der Waals surface area (Å²) in [6, 6.07) is 2.39. The van der Waals surface area contributed by atoms with Gasteiger partial charge in [-0.3, -0.25) is 4.79 Å². The second-order valence-corrected chi connectivity index (χ2v) is 9.95. The fourth-order valence-electron chi connectivity index (χ4n) is 4.69. The molecule has 0 aromatic carbocycles. The lowest BCUT2D eigenvalue weighted by Crippen LogP contribution is -2.38. The van der Waals surface area contributed by atoms with E-state index in [-0.39, 0.29) is 18.1 Å². The van der Waals surface area contributed by atoms with Gasteiger partial charge in [0.15, 0.2) is 0 Å². The standard InChI is InChI=1S/C22H28N4O2S/c1-12-20(29-14(3)23-12)18-10-16-11-26(13(2)15-4-5-15)22(28)19(16)21(24-18)25-8-6-17(27)7-9-25/h10,13,15,17,27H,4-9,11H2,1-3H3/t13-/m0/s1. The van der Waals surface area contributed by atoms with Crippen molar-refractivity contribution in [3.05, 3.63) is 27.9 Å². The molecule has 0 radical (unpaired) electrons. The van der Waals surface area contributed by atoms with Crippen LogP contribution in [-0.4, -0.2) is 51.1 Å². The Bertz CT molecular complexity index is 960. The van der Waals surface area contributed by atoms with Crippen LogP contribution in [0.1, 0.15) is 59.2 Å². The molecular formula is C22H28N4O2S. The molecule has 1 saturated heterocycles. The molecule has 1 N–H and O–H groups in total. The summed E-state index contributed by atoms with van der Waals surface area (Å²) < 4.78 is 0. The first kappa shape index (κ1) is 19.0. The van der Waals surface area contributed by atoms with Gasteiger partial charge in [0, 0.05) is 25.7 Å². The first-order valence-electron chi connectivity index (χ1n) is 10.6. The molecule has 2 aromatic heterocycles. The third-order valence-corrected chi connectivity index (χ3v) is 7.69. The quantitative estimate of drug-likeness (QED) is 0.832.